The third kappa shape index (κ3) is 5.42. The lowest BCUT2D eigenvalue weighted by molar-refractivity contribution is 1.19. The normalized spacial score (nSPS) is 11.6. The van der Waals surface area contributed by atoms with E-state index in [1.165, 1.54) is 42.1 Å². The first kappa shape index (κ1) is 32.3. The summed E-state index contributed by atoms with van der Waals surface area (Å²) in [4.78, 5) is 9.45. The zero-order valence-electron chi connectivity index (χ0n) is 30.3. The Labute approximate surface area is 328 Å². The molecule has 0 saturated carbocycles. The van der Waals surface area contributed by atoms with E-state index in [9.17, 15) is 0 Å². The fraction of sp³-hybridized carbons (Fsp3) is 0. The Morgan fingerprint density at radius 3 is 1.39 bits per heavy atom. The van der Waals surface area contributed by atoms with Gasteiger partial charge >= 0.3 is 0 Å². The highest BCUT2D eigenvalue weighted by atomic mass is 32.1. The maximum Gasteiger partial charge on any atom is 0.0708 e. The van der Waals surface area contributed by atoms with Crippen molar-refractivity contribution in [2.45, 2.75) is 0 Å². The molecule has 0 aliphatic heterocycles. The van der Waals surface area contributed by atoms with Crippen molar-refractivity contribution in [1.29, 1.82) is 0 Å². The van der Waals surface area contributed by atoms with Crippen molar-refractivity contribution in [2.75, 3.05) is 0 Å². The predicted octanol–water partition coefficient (Wildman–Crippen LogP) is 14.3. The van der Waals surface area contributed by atoms with Crippen molar-refractivity contribution in [3.63, 3.8) is 0 Å². The summed E-state index contributed by atoms with van der Waals surface area (Å²) in [7, 11) is 0. The molecule has 3 nitrogen and oxygen atoms in total. The summed E-state index contributed by atoms with van der Waals surface area (Å²) in [5, 5.41) is 4.96. The Morgan fingerprint density at radius 2 is 0.821 bits per heavy atom. The molecule has 0 unspecified atom stereocenters. The number of nitrogens with zero attached hydrogens (tertiary/aromatic N) is 3. The first-order valence-corrected chi connectivity index (χ1v) is 19.7. The van der Waals surface area contributed by atoms with Crippen LogP contribution >= 0.6 is 11.3 Å². The fourth-order valence-electron chi connectivity index (χ4n) is 8.31. The number of fused-ring (bicyclic) bond motifs is 6. The number of aromatic nitrogens is 3. The van der Waals surface area contributed by atoms with E-state index in [0.717, 1.165) is 61.5 Å². The number of pyridine rings is 2. The largest absolute Gasteiger partial charge is 0.309 e. The summed E-state index contributed by atoms with van der Waals surface area (Å²) in [6.07, 6.45) is 3.73. The summed E-state index contributed by atoms with van der Waals surface area (Å²) in [5.74, 6) is 0. The van der Waals surface area contributed by atoms with Crippen LogP contribution < -0.4 is 0 Å². The summed E-state index contributed by atoms with van der Waals surface area (Å²) >= 11 is 1.86. The van der Waals surface area contributed by atoms with Crippen LogP contribution in [0.25, 0.3) is 104 Å². The molecule has 0 aliphatic carbocycles. The van der Waals surface area contributed by atoms with Gasteiger partial charge in [-0.05, 0) is 112 Å². The lowest BCUT2D eigenvalue weighted by Crippen LogP contribution is -1.94. The second-order valence-corrected chi connectivity index (χ2v) is 15.3. The van der Waals surface area contributed by atoms with Gasteiger partial charge in [0.1, 0.15) is 0 Å². The summed E-state index contributed by atoms with van der Waals surface area (Å²) in [6.45, 7) is 0. The minimum absolute atomic E-state index is 0.964. The molecule has 11 rings (SSSR count). The SMILES string of the molecule is c1ccc(-c2ccc3sc4ccc(-n5c6ccc(-c7ccccc7-c7ccccn7)cc6c6cc(-c7ccccc7-c7ccccn7)ccc65)cc4c3c2)cc1. The summed E-state index contributed by atoms with van der Waals surface area (Å²) in [6, 6.07) is 67.7. The highest BCUT2D eigenvalue weighted by Gasteiger charge is 2.18. The molecule has 4 heteroatoms. The van der Waals surface area contributed by atoms with Crippen molar-refractivity contribution in [1.82, 2.24) is 14.5 Å². The molecule has 0 N–H and O–H groups in total. The lowest BCUT2D eigenvalue weighted by atomic mass is 9.94. The Kier molecular flexibility index (Phi) is 7.68. The van der Waals surface area contributed by atoms with Gasteiger partial charge in [0.05, 0.1) is 22.4 Å². The molecule has 4 heterocycles. The molecule has 0 bridgehead atoms. The van der Waals surface area contributed by atoms with Gasteiger partial charge in [-0.15, -0.1) is 11.3 Å². The van der Waals surface area contributed by atoms with Crippen molar-refractivity contribution >= 4 is 53.3 Å². The quantitative estimate of drug-likeness (QED) is 0.170. The Bertz CT molecular complexity index is 3100. The van der Waals surface area contributed by atoms with Crippen LogP contribution in [0.5, 0.6) is 0 Å². The molecule has 0 amide bonds. The lowest BCUT2D eigenvalue weighted by Gasteiger charge is -2.11. The van der Waals surface area contributed by atoms with E-state index in [-0.39, 0.29) is 0 Å². The summed E-state index contributed by atoms with van der Waals surface area (Å²) < 4.78 is 5.03. The van der Waals surface area contributed by atoms with Gasteiger partial charge < -0.3 is 4.57 Å². The highest BCUT2D eigenvalue weighted by molar-refractivity contribution is 7.25. The van der Waals surface area contributed by atoms with E-state index in [2.05, 4.69) is 180 Å². The van der Waals surface area contributed by atoms with Crippen LogP contribution in [0.3, 0.4) is 0 Å². The Morgan fingerprint density at radius 1 is 0.339 bits per heavy atom. The van der Waals surface area contributed by atoms with E-state index in [1.807, 2.05) is 35.9 Å². The molecule has 0 fully saturated rings. The second kappa shape index (κ2) is 13.3. The van der Waals surface area contributed by atoms with Gasteiger partial charge in [-0.3, -0.25) is 9.97 Å². The van der Waals surface area contributed by atoms with E-state index < -0.39 is 0 Å². The zero-order valence-corrected chi connectivity index (χ0v) is 31.1. The first-order chi connectivity index (χ1) is 27.8. The van der Waals surface area contributed by atoms with Gasteiger partial charge in [0.2, 0.25) is 0 Å². The molecule has 0 radical (unpaired) electrons. The van der Waals surface area contributed by atoms with E-state index in [0.29, 0.717) is 0 Å². The van der Waals surface area contributed by atoms with Crippen LogP contribution in [0.1, 0.15) is 0 Å². The Hall–Kier alpha value is -7.14. The molecule has 0 atom stereocenters. The van der Waals surface area contributed by atoms with Crippen molar-refractivity contribution < 1.29 is 0 Å². The fourth-order valence-corrected chi connectivity index (χ4v) is 9.38. The molecule has 56 heavy (non-hydrogen) atoms. The standard InChI is InChI=1S/C52H33N3S/c1-2-12-34(13-3-1)35-22-26-51-45(30-35)46-33-38(23-27-52(46)56-51)55-49-24-20-36(39-14-4-6-16-41(39)47-18-8-10-28-53-47)31-43(49)44-32-37(21-25-50(44)55)40-15-5-7-17-42(40)48-19-9-11-29-54-48/h1-33H. The maximum absolute atomic E-state index is 4.73. The van der Waals surface area contributed by atoms with E-state index in [1.54, 1.807) is 0 Å². The summed E-state index contributed by atoms with van der Waals surface area (Å²) in [5.41, 5.74) is 14.7. The Balaban J connectivity index is 1.15. The number of rotatable bonds is 6. The third-order valence-electron chi connectivity index (χ3n) is 10.9. The molecule has 262 valence electrons. The van der Waals surface area contributed by atoms with E-state index in [4.69, 9.17) is 9.97 Å². The molecule has 7 aromatic carbocycles. The first-order valence-electron chi connectivity index (χ1n) is 18.9. The zero-order chi connectivity index (χ0) is 37.0. The van der Waals surface area contributed by atoms with Crippen molar-refractivity contribution in [2.24, 2.45) is 0 Å². The third-order valence-corrected chi connectivity index (χ3v) is 12.1. The smallest absolute Gasteiger partial charge is 0.0708 e. The number of thiophene rings is 1. The van der Waals surface area contributed by atoms with Gasteiger partial charge in [0.25, 0.3) is 0 Å². The van der Waals surface area contributed by atoms with Crippen LogP contribution in [0, 0.1) is 0 Å². The van der Waals surface area contributed by atoms with Crippen molar-refractivity contribution in [3.05, 3.63) is 200 Å². The van der Waals surface area contributed by atoms with Crippen LogP contribution in [0.2, 0.25) is 0 Å². The molecule has 11 aromatic rings. The number of hydrogen-bond donors (Lipinski definition) is 0. The van der Waals surface area contributed by atoms with Gasteiger partial charge in [-0.25, -0.2) is 0 Å². The van der Waals surface area contributed by atoms with Gasteiger partial charge in [-0.2, -0.15) is 0 Å². The van der Waals surface area contributed by atoms with Crippen LogP contribution in [-0.2, 0) is 0 Å². The molecule has 0 aliphatic rings. The monoisotopic (exact) mass is 731 g/mol. The van der Waals surface area contributed by atoms with Crippen LogP contribution in [-0.4, -0.2) is 14.5 Å². The van der Waals surface area contributed by atoms with Crippen molar-refractivity contribution in [3.8, 4) is 61.6 Å². The van der Waals surface area contributed by atoms with Gasteiger partial charge in [-0.1, -0.05) is 109 Å². The number of hydrogen-bond acceptors (Lipinski definition) is 3. The van der Waals surface area contributed by atoms with Crippen LogP contribution in [0.15, 0.2) is 200 Å². The minimum Gasteiger partial charge on any atom is -0.309 e. The van der Waals surface area contributed by atoms with E-state index >= 15 is 0 Å². The molecular weight excluding hydrogens is 699 g/mol. The maximum atomic E-state index is 4.73. The molecular formula is C52H33N3S. The second-order valence-electron chi connectivity index (χ2n) is 14.2. The molecule has 0 spiro atoms. The molecule has 0 saturated heterocycles. The minimum atomic E-state index is 0.964. The van der Waals surface area contributed by atoms with Gasteiger partial charge in [0, 0.05) is 60.2 Å². The average Bonchev–Trinajstić information content (AvgIpc) is 3.81. The topological polar surface area (TPSA) is 30.7 Å². The predicted molar refractivity (Wildman–Crippen MR) is 236 cm³/mol. The average molecular weight is 732 g/mol. The van der Waals surface area contributed by atoms with Gasteiger partial charge in [0.15, 0.2) is 0 Å². The number of benzene rings is 7. The highest BCUT2D eigenvalue weighted by Crippen LogP contribution is 2.42. The van der Waals surface area contributed by atoms with Crippen LogP contribution in [0.4, 0.5) is 0 Å². The molecule has 4 aromatic heterocycles.